The first kappa shape index (κ1) is 20.8. The fraction of sp³-hybridized carbons (Fsp3) is 0.235. The quantitative estimate of drug-likeness (QED) is 0.543. The van der Waals surface area contributed by atoms with Crippen LogP contribution in [0.5, 0.6) is 0 Å². The molecule has 4 rings (SSSR count). The van der Waals surface area contributed by atoms with Crippen LogP contribution in [0.2, 0.25) is 0 Å². The molecule has 0 unspecified atom stereocenters. The Bertz CT molecular complexity index is 1230. The topological polar surface area (TPSA) is 150 Å². The van der Waals surface area contributed by atoms with E-state index >= 15 is 0 Å². The van der Waals surface area contributed by atoms with Gasteiger partial charge in [-0.1, -0.05) is 6.07 Å². The average Bonchev–Trinajstić information content (AvgIpc) is 3.31. The zero-order valence-electron chi connectivity index (χ0n) is 15.9. The maximum atomic E-state index is 14.8. The van der Waals surface area contributed by atoms with Gasteiger partial charge in [-0.25, -0.2) is 13.4 Å². The molecular formula is C17H15FN6O6S. The third-order valence-corrected chi connectivity index (χ3v) is 4.79. The van der Waals surface area contributed by atoms with Gasteiger partial charge in [0.05, 0.1) is 19.3 Å². The molecule has 12 nitrogen and oxygen atoms in total. The van der Waals surface area contributed by atoms with Crippen LogP contribution in [0.4, 0.5) is 14.9 Å². The fourth-order valence-electron chi connectivity index (χ4n) is 2.96. The van der Waals surface area contributed by atoms with E-state index in [2.05, 4.69) is 24.6 Å². The second kappa shape index (κ2) is 7.98. The molecule has 0 bridgehead atoms. The average molecular weight is 450 g/mol. The summed E-state index contributed by atoms with van der Waals surface area (Å²) in [6.45, 7) is -0.630. The highest BCUT2D eigenvalue weighted by Gasteiger charge is 2.33. The number of rotatable bonds is 6. The van der Waals surface area contributed by atoms with Crippen molar-refractivity contribution in [3.05, 3.63) is 42.3 Å². The van der Waals surface area contributed by atoms with Crippen molar-refractivity contribution in [3.63, 3.8) is 0 Å². The molecule has 3 heterocycles. The molecule has 0 spiro atoms. The van der Waals surface area contributed by atoms with Crippen LogP contribution in [0.3, 0.4) is 0 Å². The van der Waals surface area contributed by atoms with Gasteiger partial charge in [0.25, 0.3) is 0 Å². The minimum absolute atomic E-state index is 0.0749. The van der Waals surface area contributed by atoms with Crippen molar-refractivity contribution in [1.29, 1.82) is 0 Å². The number of aryl methyl sites for hydroxylation is 1. The Morgan fingerprint density at radius 2 is 2.13 bits per heavy atom. The molecular weight excluding hydrogens is 435 g/mol. The standard InChI is InChI=1S/C17H15FN6O6S/c1-23-21-16(20-22-23)15-5-2-10(7-19-15)13-4-3-11(6-14(13)18)24-8-12(30-17(24)25)9-29-31(26,27)28/h2-7,12H,8-9H2,1H3,(H,26,27,28)/t12-/m1/s1. The third kappa shape index (κ3) is 4.65. The van der Waals surface area contributed by atoms with Crippen molar-refractivity contribution < 1.29 is 31.1 Å². The zero-order chi connectivity index (χ0) is 22.2. The van der Waals surface area contributed by atoms with Crippen LogP contribution in [0, 0.1) is 5.82 Å². The summed E-state index contributed by atoms with van der Waals surface area (Å²) in [7, 11) is -3.04. The fourth-order valence-corrected chi connectivity index (χ4v) is 3.28. The Labute approximate surface area is 175 Å². The molecule has 0 aliphatic carbocycles. The molecule has 1 aliphatic rings. The summed E-state index contributed by atoms with van der Waals surface area (Å²) in [6, 6.07) is 7.45. The lowest BCUT2D eigenvalue weighted by molar-refractivity contribution is 0.102. The van der Waals surface area contributed by atoms with Crippen molar-refractivity contribution in [2.24, 2.45) is 7.05 Å². The molecule has 14 heteroatoms. The van der Waals surface area contributed by atoms with E-state index in [1.807, 2.05) is 0 Å². The van der Waals surface area contributed by atoms with E-state index in [-0.39, 0.29) is 17.8 Å². The first-order chi connectivity index (χ1) is 14.7. The number of aromatic nitrogens is 5. The maximum Gasteiger partial charge on any atom is 0.414 e. The number of pyridine rings is 1. The minimum atomic E-state index is -4.66. The molecule has 1 aromatic carbocycles. The number of anilines is 1. The third-order valence-electron chi connectivity index (χ3n) is 4.35. The number of amides is 1. The Morgan fingerprint density at radius 3 is 2.74 bits per heavy atom. The van der Waals surface area contributed by atoms with E-state index in [1.165, 1.54) is 23.1 Å². The van der Waals surface area contributed by atoms with E-state index in [4.69, 9.17) is 9.29 Å². The van der Waals surface area contributed by atoms with Gasteiger partial charge in [-0.2, -0.15) is 13.2 Å². The number of carbonyl (C=O) groups is 1. The summed E-state index contributed by atoms with van der Waals surface area (Å²) in [6.07, 6.45) is -0.265. The van der Waals surface area contributed by atoms with Crippen LogP contribution in [0.25, 0.3) is 22.6 Å². The number of hydrogen-bond acceptors (Lipinski definition) is 9. The SMILES string of the molecule is Cn1nnc(-c2ccc(-c3ccc(N4C[C@H](COS(=O)(=O)O)OC4=O)cc3F)cn2)n1. The highest BCUT2D eigenvalue weighted by Crippen LogP contribution is 2.29. The molecule has 1 amide bonds. The Hall–Kier alpha value is -3.49. The van der Waals surface area contributed by atoms with Gasteiger partial charge >= 0.3 is 16.5 Å². The van der Waals surface area contributed by atoms with Crippen LogP contribution in [-0.2, 0) is 26.4 Å². The summed E-state index contributed by atoms with van der Waals surface area (Å²) in [5.74, 6) is -0.264. The van der Waals surface area contributed by atoms with Crippen LogP contribution < -0.4 is 4.90 Å². The van der Waals surface area contributed by atoms with Gasteiger partial charge in [-0.15, -0.1) is 10.2 Å². The number of halogens is 1. The van der Waals surface area contributed by atoms with Crippen LogP contribution >= 0.6 is 0 Å². The number of carbonyl (C=O) groups excluding carboxylic acids is 1. The van der Waals surface area contributed by atoms with Crippen molar-refractivity contribution >= 4 is 22.2 Å². The Balaban J connectivity index is 1.50. The Morgan fingerprint density at radius 1 is 1.32 bits per heavy atom. The minimum Gasteiger partial charge on any atom is -0.441 e. The van der Waals surface area contributed by atoms with Gasteiger partial charge in [-0.05, 0) is 29.5 Å². The van der Waals surface area contributed by atoms with E-state index in [1.54, 1.807) is 19.2 Å². The van der Waals surface area contributed by atoms with E-state index in [0.717, 1.165) is 11.0 Å². The lowest BCUT2D eigenvalue weighted by Gasteiger charge is -2.14. The van der Waals surface area contributed by atoms with E-state index in [9.17, 15) is 17.6 Å². The summed E-state index contributed by atoms with van der Waals surface area (Å²) in [5.41, 5.74) is 1.45. The monoisotopic (exact) mass is 450 g/mol. The molecule has 1 N–H and O–H groups in total. The maximum absolute atomic E-state index is 14.8. The number of hydrogen-bond donors (Lipinski definition) is 1. The molecule has 1 atom stereocenters. The van der Waals surface area contributed by atoms with Crippen molar-refractivity contribution in [1.82, 2.24) is 25.2 Å². The van der Waals surface area contributed by atoms with Gasteiger partial charge in [-0.3, -0.25) is 14.4 Å². The van der Waals surface area contributed by atoms with Crippen LogP contribution in [0.15, 0.2) is 36.5 Å². The molecule has 2 aromatic heterocycles. The summed E-state index contributed by atoms with van der Waals surface area (Å²) < 4.78 is 53.9. The number of nitrogens with zero attached hydrogens (tertiary/aromatic N) is 6. The molecule has 1 fully saturated rings. The molecule has 1 aliphatic heterocycles. The van der Waals surface area contributed by atoms with Crippen LogP contribution in [-0.4, -0.2) is 63.5 Å². The smallest absolute Gasteiger partial charge is 0.414 e. The normalized spacial score (nSPS) is 16.5. The molecule has 0 saturated carbocycles. The highest BCUT2D eigenvalue weighted by molar-refractivity contribution is 7.80. The second-order valence-corrected chi connectivity index (χ2v) is 7.62. The lowest BCUT2D eigenvalue weighted by atomic mass is 10.1. The molecule has 162 valence electrons. The molecule has 31 heavy (non-hydrogen) atoms. The predicted octanol–water partition coefficient (Wildman–Crippen LogP) is 1.22. The van der Waals surface area contributed by atoms with Gasteiger partial charge in [0, 0.05) is 17.3 Å². The predicted molar refractivity (Wildman–Crippen MR) is 103 cm³/mol. The van der Waals surface area contributed by atoms with Gasteiger partial charge in [0.15, 0.2) is 0 Å². The summed E-state index contributed by atoms with van der Waals surface area (Å²) >= 11 is 0. The van der Waals surface area contributed by atoms with Crippen LogP contribution in [0.1, 0.15) is 0 Å². The first-order valence-corrected chi connectivity index (χ1v) is 10.2. The first-order valence-electron chi connectivity index (χ1n) is 8.80. The molecule has 1 saturated heterocycles. The lowest BCUT2D eigenvalue weighted by Crippen LogP contribution is -2.26. The van der Waals surface area contributed by atoms with Gasteiger partial charge < -0.3 is 4.74 Å². The number of benzene rings is 1. The van der Waals surface area contributed by atoms with Crippen molar-refractivity contribution in [3.8, 4) is 22.6 Å². The van der Waals surface area contributed by atoms with Gasteiger partial charge in [0.1, 0.15) is 24.2 Å². The zero-order valence-corrected chi connectivity index (χ0v) is 16.7. The number of tetrazole rings is 1. The number of cyclic esters (lactones) is 1. The highest BCUT2D eigenvalue weighted by atomic mass is 32.3. The summed E-state index contributed by atoms with van der Waals surface area (Å²) in [5, 5.41) is 11.6. The van der Waals surface area contributed by atoms with Gasteiger partial charge in [0.2, 0.25) is 5.82 Å². The van der Waals surface area contributed by atoms with E-state index in [0.29, 0.717) is 17.1 Å². The Kier molecular flexibility index (Phi) is 5.34. The molecule has 0 radical (unpaired) electrons. The molecule has 3 aromatic rings. The summed E-state index contributed by atoms with van der Waals surface area (Å²) in [4.78, 5) is 18.7. The second-order valence-electron chi connectivity index (χ2n) is 6.53. The number of ether oxygens (including phenoxy) is 1. The largest absolute Gasteiger partial charge is 0.441 e. The van der Waals surface area contributed by atoms with Crippen molar-refractivity contribution in [2.75, 3.05) is 18.1 Å². The van der Waals surface area contributed by atoms with Crippen molar-refractivity contribution in [2.45, 2.75) is 6.10 Å². The van der Waals surface area contributed by atoms with E-state index < -0.39 is 35.0 Å².